The normalized spacial score (nSPS) is 9.55. The average Bonchev–Trinajstić information content (AvgIpc) is 2.03. The summed E-state index contributed by atoms with van der Waals surface area (Å²) in [4.78, 5) is 3.70. The number of aromatic hydroxyl groups is 1. The molecule has 1 heterocycles. The molecular formula is C7H10N2O2. The molecule has 0 aliphatic carbocycles. The third-order valence-electron chi connectivity index (χ3n) is 1.23. The fourth-order valence-corrected chi connectivity index (χ4v) is 0.726. The van der Waals surface area contributed by atoms with E-state index in [1.165, 1.54) is 6.20 Å². The molecule has 0 unspecified atom stereocenters. The molecule has 0 aromatic carbocycles. The van der Waals surface area contributed by atoms with Crippen molar-refractivity contribution in [3.8, 4) is 5.75 Å². The second kappa shape index (κ2) is 3.78. The zero-order valence-corrected chi connectivity index (χ0v) is 5.99. The smallest absolute Gasteiger partial charge is 0.157 e. The van der Waals surface area contributed by atoms with Gasteiger partial charge in [-0.3, -0.25) is 4.98 Å². The second-order valence-electron chi connectivity index (χ2n) is 2.04. The first-order valence-electron chi connectivity index (χ1n) is 3.32. The maximum Gasteiger partial charge on any atom is 0.157 e. The Morgan fingerprint density at radius 3 is 3.00 bits per heavy atom. The van der Waals surface area contributed by atoms with Crippen LogP contribution >= 0.6 is 0 Å². The molecule has 0 aliphatic rings. The van der Waals surface area contributed by atoms with Crippen LogP contribution in [0.4, 0.5) is 5.69 Å². The number of rotatable bonds is 3. The fourth-order valence-electron chi connectivity index (χ4n) is 0.726. The van der Waals surface area contributed by atoms with Gasteiger partial charge in [-0.1, -0.05) is 0 Å². The van der Waals surface area contributed by atoms with Crippen molar-refractivity contribution in [2.24, 2.45) is 0 Å². The summed E-state index contributed by atoms with van der Waals surface area (Å²) in [5, 5.41) is 20.4. The molecule has 0 aliphatic heterocycles. The van der Waals surface area contributed by atoms with Gasteiger partial charge in [0.25, 0.3) is 0 Å². The predicted molar refractivity (Wildman–Crippen MR) is 41.5 cm³/mol. The van der Waals surface area contributed by atoms with Crippen molar-refractivity contribution in [2.75, 3.05) is 18.5 Å². The molecule has 1 aromatic rings. The van der Waals surface area contributed by atoms with Crippen LogP contribution in [0.5, 0.6) is 5.75 Å². The molecule has 0 radical (unpaired) electrons. The van der Waals surface area contributed by atoms with Gasteiger partial charge in [0, 0.05) is 12.7 Å². The Kier molecular flexibility index (Phi) is 2.68. The Hall–Kier alpha value is -1.29. The van der Waals surface area contributed by atoms with Gasteiger partial charge < -0.3 is 15.5 Å². The number of aromatic nitrogens is 1. The third-order valence-corrected chi connectivity index (χ3v) is 1.23. The highest BCUT2D eigenvalue weighted by Gasteiger charge is 1.96. The minimum Gasteiger partial charge on any atom is -0.504 e. The van der Waals surface area contributed by atoms with Crippen LogP contribution in [0.2, 0.25) is 0 Å². The summed E-state index contributed by atoms with van der Waals surface area (Å²) in [6, 6.07) is 1.64. The molecule has 4 nitrogen and oxygen atoms in total. The van der Waals surface area contributed by atoms with Crippen molar-refractivity contribution in [1.29, 1.82) is 0 Å². The average molecular weight is 154 g/mol. The SMILES string of the molecule is OCCNc1ccncc1O. The number of aliphatic hydroxyl groups excluding tert-OH is 1. The lowest BCUT2D eigenvalue weighted by Crippen LogP contribution is -2.05. The van der Waals surface area contributed by atoms with E-state index >= 15 is 0 Å². The maximum absolute atomic E-state index is 9.13. The van der Waals surface area contributed by atoms with Gasteiger partial charge in [0.1, 0.15) is 0 Å². The number of anilines is 1. The first-order valence-corrected chi connectivity index (χ1v) is 3.32. The standard InChI is InChI=1S/C7H10N2O2/c10-4-3-9-6-1-2-8-5-7(6)11/h1-2,5,10-11H,3-4H2,(H,8,9). The summed E-state index contributed by atoms with van der Waals surface area (Å²) in [7, 11) is 0. The third kappa shape index (κ3) is 2.09. The van der Waals surface area contributed by atoms with E-state index < -0.39 is 0 Å². The molecule has 0 amide bonds. The number of hydrogen-bond acceptors (Lipinski definition) is 4. The number of pyridine rings is 1. The Morgan fingerprint density at radius 1 is 1.55 bits per heavy atom. The van der Waals surface area contributed by atoms with Gasteiger partial charge in [0.15, 0.2) is 5.75 Å². The fraction of sp³-hybridized carbons (Fsp3) is 0.286. The Morgan fingerprint density at radius 2 is 2.36 bits per heavy atom. The van der Waals surface area contributed by atoms with E-state index in [-0.39, 0.29) is 12.4 Å². The molecule has 1 rings (SSSR count). The molecule has 0 spiro atoms. The quantitative estimate of drug-likeness (QED) is 0.581. The highest BCUT2D eigenvalue weighted by Crippen LogP contribution is 2.19. The Bertz CT molecular complexity index is 227. The van der Waals surface area contributed by atoms with E-state index in [9.17, 15) is 0 Å². The van der Waals surface area contributed by atoms with Crippen molar-refractivity contribution in [2.45, 2.75) is 0 Å². The van der Waals surface area contributed by atoms with E-state index in [4.69, 9.17) is 10.2 Å². The highest BCUT2D eigenvalue weighted by molar-refractivity contribution is 5.53. The molecule has 4 heteroatoms. The topological polar surface area (TPSA) is 65.4 Å². The van der Waals surface area contributed by atoms with Crippen LogP contribution in [0.1, 0.15) is 0 Å². The first kappa shape index (κ1) is 7.81. The Balaban J connectivity index is 2.62. The van der Waals surface area contributed by atoms with E-state index in [0.717, 1.165) is 0 Å². The van der Waals surface area contributed by atoms with E-state index in [1.807, 2.05) is 0 Å². The second-order valence-corrected chi connectivity index (χ2v) is 2.04. The summed E-state index contributed by atoms with van der Waals surface area (Å²) >= 11 is 0. The van der Waals surface area contributed by atoms with Crippen LogP contribution in [0, 0.1) is 0 Å². The van der Waals surface area contributed by atoms with Crippen molar-refractivity contribution in [1.82, 2.24) is 4.98 Å². The van der Waals surface area contributed by atoms with Gasteiger partial charge in [-0.25, -0.2) is 0 Å². The van der Waals surface area contributed by atoms with Crippen LogP contribution in [-0.2, 0) is 0 Å². The molecule has 11 heavy (non-hydrogen) atoms. The largest absolute Gasteiger partial charge is 0.504 e. The van der Waals surface area contributed by atoms with Gasteiger partial charge in [-0.05, 0) is 6.07 Å². The van der Waals surface area contributed by atoms with Crippen molar-refractivity contribution >= 4 is 5.69 Å². The molecule has 0 saturated carbocycles. The molecular weight excluding hydrogens is 144 g/mol. The molecule has 1 aromatic heterocycles. The van der Waals surface area contributed by atoms with Gasteiger partial charge in [0.2, 0.25) is 0 Å². The summed E-state index contributed by atoms with van der Waals surface area (Å²) in [6.07, 6.45) is 2.92. The summed E-state index contributed by atoms with van der Waals surface area (Å²) in [5.74, 6) is 0.0981. The van der Waals surface area contributed by atoms with Crippen LogP contribution in [0.25, 0.3) is 0 Å². The Labute approximate surface area is 64.5 Å². The van der Waals surface area contributed by atoms with Crippen molar-refractivity contribution in [3.63, 3.8) is 0 Å². The molecule has 0 fully saturated rings. The molecule has 0 atom stereocenters. The van der Waals surface area contributed by atoms with Gasteiger partial charge in [0.05, 0.1) is 18.5 Å². The lowest BCUT2D eigenvalue weighted by Gasteiger charge is -2.04. The minimum absolute atomic E-state index is 0.0434. The molecule has 3 N–H and O–H groups in total. The number of aliphatic hydroxyl groups is 1. The molecule has 0 bridgehead atoms. The number of hydrogen-bond donors (Lipinski definition) is 3. The zero-order chi connectivity index (χ0) is 8.10. The van der Waals surface area contributed by atoms with Crippen LogP contribution in [0.15, 0.2) is 18.5 Å². The summed E-state index contributed by atoms with van der Waals surface area (Å²) in [6.45, 7) is 0.472. The minimum atomic E-state index is 0.0434. The predicted octanol–water partition coefficient (Wildman–Crippen LogP) is 0.191. The van der Waals surface area contributed by atoms with Crippen LogP contribution < -0.4 is 5.32 Å². The number of nitrogens with one attached hydrogen (secondary N) is 1. The van der Waals surface area contributed by atoms with E-state index in [2.05, 4.69) is 10.3 Å². The lowest BCUT2D eigenvalue weighted by atomic mass is 10.4. The van der Waals surface area contributed by atoms with Crippen LogP contribution in [0.3, 0.4) is 0 Å². The maximum atomic E-state index is 9.13. The van der Waals surface area contributed by atoms with E-state index in [1.54, 1.807) is 12.3 Å². The molecule has 60 valence electrons. The summed E-state index contributed by atoms with van der Waals surface area (Å²) < 4.78 is 0. The van der Waals surface area contributed by atoms with Crippen molar-refractivity contribution in [3.05, 3.63) is 18.5 Å². The van der Waals surface area contributed by atoms with Gasteiger partial charge in [-0.15, -0.1) is 0 Å². The first-order chi connectivity index (χ1) is 5.34. The zero-order valence-electron chi connectivity index (χ0n) is 5.99. The highest BCUT2D eigenvalue weighted by atomic mass is 16.3. The van der Waals surface area contributed by atoms with Gasteiger partial charge in [-0.2, -0.15) is 0 Å². The van der Waals surface area contributed by atoms with Crippen LogP contribution in [-0.4, -0.2) is 28.3 Å². The van der Waals surface area contributed by atoms with Crippen molar-refractivity contribution < 1.29 is 10.2 Å². The monoisotopic (exact) mass is 154 g/mol. The van der Waals surface area contributed by atoms with Gasteiger partial charge >= 0.3 is 0 Å². The summed E-state index contributed by atoms with van der Waals surface area (Å²) in [5.41, 5.74) is 0.592. The lowest BCUT2D eigenvalue weighted by molar-refractivity contribution is 0.311. The van der Waals surface area contributed by atoms with E-state index in [0.29, 0.717) is 12.2 Å². The molecule has 0 saturated heterocycles. The number of nitrogens with zero attached hydrogens (tertiary/aromatic N) is 1.